The number of nitriles is 1. The number of hydrogen-bond donors (Lipinski definition) is 1. The molecule has 0 saturated heterocycles. The molecule has 0 atom stereocenters. The number of anilines is 1. The second-order valence-corrected chi connectivity index (χ2v) is 8.42. The van der Waals surface area contributed by atoms with E-state index in [0.29, 0.717) is 39.4 Å². The van der Waals surface area contributed by atoms with Gasteiger partial charge in [0, 0.05) is 10.0 Å². The molecular formula is C25H19BrCl2N2O3. The number of carbonyl (C=O) groups excluding carboxylic acids is 1. The van der Waals surface area contributed by atoms with Crippen LogP contribution in [0.1, 0.15) is 18.1 Å². The monoisotopic (exact) mass is 544 g/mol. The number of halogens is 3. The molecule has 0 aliphatic heterocycles. The summed E-state index contributed by atoms with van der Waals surface area (Å²) in [6.45, 7) is 2.50. The lowest BCUT2D eigenvalue weighted by Crippen LogP contribution is -2.13. The molecule has 1 amide bonds. The van der Waals surface area contributed by atoms with Gasteiger partial charge in [-0.2, -0.15) is 5.26 Å². The molecule has 0 spiro atoms. The first-order valence-corrected chi connectivity index (χ1v) is 11.5. The average molecular weight is 546 g/mol. The van der Waals surface area contributed by atoms with E-state index in [1.54, 1.807) is 36.4 Å². The molecule has 0 aliphatic carbocycles. The zero-order valence-electron chi connectivity index (χ0n) is 17.6. The lowest BCUT2D eigenvalue weighted by atomic mass is 10.1. The van der Waals surface area contributed by atoms with E-state index in [-0.39, 0.29) is 12.2 Å². The predicted molar refractivity (Wildman–Crippen MR) is 135 cm³/mol. The highest BCUT2D eigenvalue weighted by Crippen LogP contribution is 2.38. The largest absolute Gasteiger partial charge is 0.490 e. The zero-order valence-corrected chi connectivity index (χ0v) is 20.7. The maximum Gasteiger partial charge on any atom is 0.266 e. The van der Waals surface area contributed by atoms with Gasteiger partial charge in [0.1, 0.15) is 18.2 Å². The lowest BCUT2D eigenvalue weighted by Gasteiger charge is -2.15. The summed E-state index contributed by atoms with van der Waals surface area (Å²) in [5.41, 5.74) is 1.76. The van der Waals surface area contributed by atoms with Gasteiger partial charge in [-0.3, -0.25) is 4.79 Å². The number of amides is 1. The number of para-hydroxylation sites is 1. The average Bonchev–Trinajstić information content (AvgIpc) is 2.79. The number of nitrogens with one attached hydrogen (secondary N) is 1. The number of carbonyl (C=O) groups is 1. The number of nitrogens with zero attached hydrogens (tertiary/aromatic N) is 1. The van der Waals surface area contributed by atoms with Crippen LogP contribution < -0.4 is 14.8 Å². The van der Waals surface area contributed by atoms with Gasteiger partial charge in [-0.15, -0.1) is 0 Å². The maximum absolute atomic E-state index is 12.6. The summed E-state index contributed by atoms with van der Waals surface area (Å²) in [5.74, 6) is 0.200. The van der Waals surface area contributed by atoms with Crippen molar-refractivity contribution < 1.29 is 14.3 Å². The maximum atomic E-state index is 12.6. The van der Waals surface area contributed by atoms with E-state index in [0.717, 1.165) is 10.0 Å². The van der Waals surface area contributed by atoms with Crippen LogP contribution in [0.5, 0.6) is 11.5 Å². The van der Waals surface area contributed by atoms with E-state index in [2.05, 4.69) is 21.2 Å². The molecule has 0 unspecified atom stereocenters. The first-order chi connectivity index (χ1) is 15.9. The van der Waals surface area contributed by atoms with Gasteiger partial charge < -0.3 is 14.8 Å². The molecule has 3 aromatic rings. The smallest absolute Gasteiger partial charge is 0.266 e. The standard InChI is InChI=1S/C25H19BrCl2N2O3/c1-2-32-23-13-16(11-18(14-29)25(31)30-22-10-6-5-9-20(22)27)12-21(28)24(23)33-15-17-7-3-4-8-19(17)26/h3-13H,2,15H2,1H3,(H,30,31)/b18-11+. The molecule has 0 aliphatic rings. The second kappa shape index (κ2) is 11.8. The summed E-state index contributed by atoms with van der Waals surface area (Å²) in [7, 11) is 0. The van der Waals surface area contributed by atoms with Crippen LogP contribution in [0.3, 0.4) is 0 Å². The Bertz CT molecular complexity index is 1240. The molecule has 0 heterocycles. The predicted octanol–water partition coefficient (Wildman–Crippen LogP) is 7.28. The molecular weight excluding hydrogens is 527 g/mol. The fourth-order valence-corrected chi connectivity index (χ4v) is 3.76. The van der Waals surface area contributed by atoms with Crippen LogP contribution in [-0.4, -0.2) is 12.5 Å². The molecule has 1 N–H and O–H groups in total. The highest BCUT2D eigenvalue weighted by molar-refractivity contribution is 9.10. The third-order valence-electron chi connectivity index (χ3n) is 4.46. The zero-order chi connectivity index (χ0) is 23.8. The Labute approximate surface area is 210 Å². The van der Waals surface area contributed by atoms with E-state index in [1.807, 2.05) is 37.3 Å². The fraction of sp³-hybridized carbons (Fsp3) is 0.120. The van der Waals surface area contributed by atoms with Crippen molar-refractivity contribution in [1.29, 1.82) is 5.26 Å². The Morgan fingerprint density at radius 1 is 1.09 bits per heavy atom. The number of rotatable bonds is 8. The Hall–Kier alpha value is -2.98. The molecule has 0 aromatic heterocycles. The minimum Gasteiger partial charge on any atom is -0.490 e. The first-order valence-electron chi connectivity index (χ1n) is 9.93. The van der Waals surface area contributed by atoms with Crippen molar-refractivity contribution in [3.8, 4) is 17.6 Å². The molecule has 0 bridgehead atoms. The second-order valence-electron chi connectivity index (χ2n) is 6.75. The van der Waals surface area contributed by atoms with Crippen LogP contribution in [0.4, 0.5) is 5.69 Å². The molecule has 5 nitrogen and oxygen atoms in total. The molecule has 33 heavy (non-hydrogen) atoms. The Kier molecular flexibility index (Phi) is 8.79. The van der Waals surface area contributed by atoms with Crippen molar-refractivity contribution >= 4 is 56.8 Å². The summed E-state index contributed by atoms with van der Waals surface area (Å²) in [6, 6.07) is 19.7. The van der Waals surface area contributed by atoms with Crippen molar-refractivity contribution in [3.05, 3.63) is 91.9 Å². The van der Waals surface area contributed by atoms with Gasteiger partial charge in [-0.25, -0.2) is 0 Å². The van der Waals surface area contributed by atoms with Crippen LogP contribution in [0.25, 0.3) is 6.08 Å². The van der Waals surface area contributed by atoms with E-state index in [9.17, 15) is 10.1 Å². The SMILES string of the molecule is CCOc1cc(/C=C(\C#N)C(=O)Nc2ccccc2Cl)cc(Cl)c1OCc1ccccc1Br. The number of hydrogen-bond acceptors (Lipinski definition) is 4. The van der Waals surface area contributed by atoms with Crippen molar-refractivity contribution in [3.63, 3.8) is 0 Å². The molecule has 3 rings (SSSR count). The first kappa shape index (κ1) is 24.7. The van der Waals surface area contributed by atoms with Gasteiger partial charge in [-0.05, 0) is 48.9 Å². The highest BCUT2D eigenvalue weighted by atomic mass is 79.9. The Balaban J connectivity index is 1.87. The van der Waals surface area contributed by atoms with Crippen LogP contribution in [0.15, 0.2) is 70.7 Å². The third-order valence-corrected chi connectivity index (χ3v) is 5.84. The molecule has 0 saturated carbocycles. The number of ether oxygens (including phenoxy) is 2. The van der Waals surface area contributed by atoms with Gasteiger partial charge in [0.05, 0.1) is 22.3 Å². The Morgan fingerprint density at radius 3 is 2.52 bits per heavy atom. The van der Waals surface area contributed by atoms with Crippen LogP contribution >= 0.6 is 39.1 Å². The van der Waals surface area contributed by atoms with E-state index >= 15 is 0 Å². The van der Waals surface area contributed by atoms with Crippen LogP contribution in [0, 0.1) is 11.3 Å². The van der Waals surface area contributed by atoms with Crippen molar-refractivity contribution in [2.45, 2.75) is 13.5 Å². The summed E-state index contributed by atoms with van der Waals surface area (Å²) < 4.78 is 12.6. The van der Waals surface area contributed by atoms with Gasteiger partial charge in [0.25, 0.3) is 5.91 Å². The van der Waals surface area contributed by atoms with Gasteiger partial charge >= 0.3 is 0 Å². The quantitative estimate of drug-likeness (QED) is 0.238. The molecule has 3 aromatic carbocycles. The third kappa shape index (κ3) is 6.52. The minimum absolute atomic E-state index is 0.115. The van der Waals surface area contributed by atoms with E-state index in [4.69, 9.17) is 32.7 Å². The van der Waals surface area contributed by atoms with Crippen molar-refractivity contribution in [2.75, 3.05) is 11.9 Å². The van der Waals surface area contributed by atoms with Gasteiger partial charge in [0.2, 0.25) is 0 Å². The molecule has 0 radical (unpaired) electrons. The highest BCUT2D eigenvalue weighted by Gasteiger charge is 2.16. The van der Waals surface area contributed by atoms with Crippen molar-refractivity contribution in [1.82, 2.24) is 0 Å². The summed E-state index contributed by atoms with van der Waals surface area (Å²) in [4.78, 5) is 12.6. The van der Waals surface area contributed by atoms with Gasteiger partial charge in [-0.1, -0.05) is 69.5 Å². The molecule has 8 heteroatoms. The van der Waals surface area contributed by atoms with Crippen LogP contribution in [0.2, 0.25) is 10.0 Å². The van der Waals surface area contributed by atoms with Crippen molar-refractivity contribution in [2.24, 2.45) is 0 Å². The van der Waals surface area contributed by atoms with Crippen LogP contribution in [-0.2, 0) is 11.4 Å². The van der Waals surface area contributed by atoms with E-state index in [1.165, 1.54) is 6.08 Å². The number of benzene rings is 3. The topological polar surface area (TPSA) is 71.3 Å². The minimum atomic E-state index is -0.589. The lowest BCUT2D eigenvalue weighted by molar-refractivity contribution is -0.112. The molecule has 0 fully saturated rings. The fourth-order valence-electron chi connectivity index (χ4n) is 2.91. The summed E-state index contributed by atoms with van der Waals surface area (Å²) in [6.07, 6.45) is 1.43. The molecule has 168 valence electrons. The van der Waals surface area contributed by atoms with Gasteiger partial charge in [0.15, 0.2) is 11.5 Å². The Morgan fingerprint density at radius 2 is 1.82 bits per heavy atom. The normalized spacial score (nSPS) is 10.9. The summed E-state index contributed by atoms with van der Waals surface area (Å²) in [5, 5.41) is 12.8. The summed E-state index contributed by atoms with van der Waals surface area (Å²) >= 11 is 16.1. The van der Waals surface area contributed by atoms with E-state index < -0.39 is 5.91 Å².